The van der Waals surface area contributed by atoms with Gasteiger partial charge in [-0.1, -0.05) is 6.58 Å². The van der Waals surface area contributed by atoms with Crippen molar-refractivity contribution in [2.45, 2.75) is 13.2 Å². The molecule has 0 N–H and O–H groups in total. The molecule has 1 aromatic rings. The van der Waals surface area contributed by atoms with E-state index in [1.165, 1.54) is 6.33 Å². The molecule has 0 aliphatic heterocycles. The predicted molar refractivity (Wildman–Crippen MR) is 40.9 cm³/mol. The van der Waals surface area contributed by atoms with Gasteiger partial charge in [-0.2, -0.15) is 5.10 Å². The summed E-state index contributed by atoms with van der Waals surface area (Å²) in [5, 5.41) is 3.92. The molecule has 0 aliphatic rings. The maximum absolute atomic E-state index is 5.28. The Hall–Kier alpha value is -1.16. The van der Waals surface area contributed by atoms with Crippen molar-refractivity contribution < 1.29 is 4.74 Å². The molecule has 1 rings (SSSR count). The predicted octanol–water partition coefficient (Wildman–Crippen LogP) is 0.999. The molecule has 60 valence electrons. The summed E-state index contributed by atoms with van der Waals surface area (Å²) in [6.45, 7) is 6.18. The van der Waals surface area contributed by atoms with Crippen LogP contribution in [0.5, 0.6) is 0 Å². The second-order valence-electron chi connectivity index (χ2n) is 1.96. The van der Waals surface area contributed by atoms with Crippen molar-refractivity contribution in [1.29, 1.82) is 0 Å². The van der Waals surface area contributed by atoms with Gasteiger partial charge < -0.3 is 4.74 Å². The maximum atomic E-state index is 5.28. The van der Waals surface area contributed by atoms with Crippen LogP contribution in [-0.4, -0.2) is 21.4 Å². The fraction of sp³-hybridized carbons (Fsp3) is 0.429. The number of nitrogens with zero attached hydrogens (tertiary/aromatic N) is 3. The quantitative estimate of drug-likeness (QED) is 0.606. The van der Waals surface area contributed by atoms with Crippen LogP contribution in [0, 0.1) is 0 Å². The van der Waals surface area contributed by atoms with Gasteiger partial charge in [-0.15, -0.1) is 0 Å². The second-order valence-corrected chi connectivity index (χ2v) is 1.96. The molecule has 1 unspecified atom stereocenters. The molecule has 1 atom stereocenters. The lowest BCUT2D eigenvalue weighted by molar-refractivity contribution is 0.0380. The summed E-state index contributed by atoms with van der Waals surface area (Å²) in [4.78, 5) is 3.80. The van der Waals surface area contributed by atoms with Crippen LogP contribution in [-0.2, 0) is 4.74 Å². The van der Waals surface area contributed by atoms with Crippen LogP contribution in [0.3, 0.4) is 0 Å². The van der Waals surface area contributed by atoms with E-state index in [0.29, 0.717) is 6.61 Å². The average molecular weight is 153 g/mol. The maximum Gasteiger partial charge on any atom is 0.170 e. The summed E-state index contributed by atoms with van der Waals surface area (Å²) >= 11 is 0. The van der Waals surface area contributed by atoms with E-state index in [0.717, 1.165) is 0 Å². The van der Waals surface area contributed by atoms with Gasteiger partial charge in [-0.3, -0.25) is 0 Å². The first kappa shape index (κ1) is 7.94. The summed E-state index contributed by atoms with van der Waals surface area (Å²) in [5.74, 6) is 0. The molecule has 0 aromatic carbocycles. The first-order chi connectivity index (χ1) is 5.38. The Balaban J connectivity index is 2.63. The molecule has 0 radical (unpaired) electrons. The van der Waals surface area contributed by atoms with Crippen LogP contribution >= 0.6 is 0 Å². The number of hydrogen-bond donors (Lipinski definition) is 0. The van der Waals surface area contributed by atoms with E-state index in [-0.39, 0.29) is 6.23 Å². The van der Waals surface area contributed by atoms with Crippen LogP contribution < -0.4 is 0 Å². The molecule has 11 heavy (non-hydrogen) atoms. The lowest BCUT2D eigenvalue weighted by Gasteiger charge is -2.11. The summed E-state index contributed by atoms with van der Waals surface area (Å²) in [5.41, 5.74) is 0. The molecule has 0 fully saturated rings. The number of rotatable bonds is 4. The zero-order chi connectivity index (χ0) is 8.10. The first-order valence-corrected chi connectivity index (χ1v) is 3.46. The molecule has 1 aromatic heterocycles. The Morgan fingerprint density at radius 1 is 1.82 bits per heavy atom. The monoisotopic (exact) mass is 153 g/mol. The van der Waals surface area contributed by atoms with Gasteiger partial charge in [0.15, 0.2) is 6.23 Å². The van der Waals surface area contributed by atoms with Gasteiger partial charge in [0.05, 0.1) is 0 Å². The molecule has 4 heteroatoms. The molecule has 0 bridgehead atoms. The highest BCUT2D eigenvalue weighted by Gasteiger charge is 2.03. The highest BCUT2D eigenvalue weighted by Crippen LogP contribution is 2.05. The Kier molecular flexibility index (Phi) is 2.80. The minimum absolute atomic E-state index is 0.192. The lowest BCUT2D eigenvalue weighted by Crippen LogP contribution is -2.10. The van der Waals surface area contributed by atoms with E-state index < -0.39 is 0 Å². The molecular weight excluding hydrogens is 142 g/mol. The lowest BCUT2D eigenvalue weighted by atomic mass is 10.5. The molecule has 1 heterocycles. The summed E-state index contributed by atoms with van der Waals surface area (Å²) < 4.78 is 6.89. The van der Waals surface area contributed by atoms with Crippen molar-refractivity contribution >= 4 is 0 Å². The average Bonchev–Trinajstić information content (AvgIpc) is 2.52. The van der Waals surface area contributed by atoms with Gasteiger partial charge in [0.2, 0.25) is 0 Å². The molecule has 0 aliphatic carbocycles. The highest BCUT2D eigenvalue weighted by atomic mass is 16.5. The Morgan fingerprint density at radius 2 is 2.64 bits per heavy atom. The number of ether oxygens (including phenoxy) is 1. The molecule has 0 saturated carbocycles. The van der Waals surface area contributed by atoms with Crippen LogP contribution in [0.25, 0.3) is 0 Å². The third-order valence-corrected chi connectivity index (χ3v) is 1.24. The molecule has 0 saturated heterocycles. The van der Waals surface area contributed by atoms with Crippen molar-refractivity contribution in [2.24, 2.45) is 0 Å². The van der Waals surface area contributed by atoms with Crippen molar-refractivity contribution in [1.82, 2.24) is 14.8 Å². The van der Waals surface area contributed by atoms with Crippen LogP contribution in [0.1, 0.15) is 13.2 Å². The smallest absolute Gasteiger partial charge is 0.170 e. The Bertz CT molecular complexity index is 207. The van der Waals surface area contributed by atoms with Crippen molar-refractivity contribution in [3.8, 4) is 0 Å². The minimum Gasteiger partial charge on any atom is -0.353 e. The van der Waals surface area contributed by atoms with E-state index in [2.05, 4.69) is 16.7 Å². The Labute approximate surface area is 65.5 Å². The van der Waals surface area contributed by atoms with Crippen molar-refractivity contribution in [3.63, 3.8) is 0 Å². The van der Waals surface area contributed by atoms with Gasteiger partial charge >= 0.3 is 0 Å². The van der Waals surface area contributed by atoms with Gasteiger partial charge in [0.25, 0.3) is 0 Å². The van der Waals surface area contributed by atoms with E-state index in [1.54, 1.807) is 17.1 Å². The zero-order valence-corrected chi connectivity index (χ0v) is 6.47. The van der Waals surface area contributed by atoms with Gasteiger partial charge in [-0.05, 0) is 13.0 Å². The first-order valence-electron chi connectivity index (χ1n) is 3.46. The van der Waals surface area contributed by atoms with E-state index in [9.17, 15) is 0 Å². The van der Waals surface area contributed by atoms with Crippen LogP contribution in [0.4, 0.5) is 0 Å². The minimum atomic E-state index is -0.192. The molecule has 0 spiro atoms. The van der Waals surface area contributed by atoms with E-state index >= 15 is 0 Å². The third kappa shape index (κ3) is 1.88. The summed E-state index contributed by atoms with van der Waals surface area (Å²) in [6, 6.07) is 0. The molecular formula is C7H11N3O. The van der Waals surface area contributed by atoms with Gasteiger partial charge in [0, 0.05) is 6.61 Å². The van der Waals surface area contributed by atoms with Crippen LogP contribution in [0.15, 0.2) is 25.3 Å². The summed E-state index contributed by atoms with van der Waals surface area (Å²) in [6.07, 6.45) is 4.55. The summed E-state index contributed by atoms with van der Waals surface area (Å²) in [7, 11) is 0. The third-order valence-electron chi connectivity index (χ3n) is 1.24. The molecule has 0 amide bonds. The van der Waals surface area contributed by atoms with E-state index in [1.807, 2.05) is 6.92 Å². The van der Waals surface area contributed by atoms with Crippen molar-refractivity contribution in [3.05, 3.63) is 25.3 Å². The van der Waals surface area contributed by atoms with Gasteiger partial charge in [-0.25, -0.2) is 9.67 Å². The molecule has 4 nitrogen and oxygen atoms in total. The zero-order valence-electron chi connectivity index (χ0n) is 6.47. The fourth-order valence-corrected chi connectivity index (χ4v) is 0.772. The number of hydrogen-bond acceptors (Lipinski definition) is 3. The largest absolute Gasteiger partial charge is 0.353 e. The van der Waals surface area contributed by atoms with Gasteiger partial charge in [0.1, 0.15) is 12.7 Å². The van der Waals surface area contributed by atoms with Crippen LogP contribution in [0.2, 0.25) is 0 Å². The normalized spacial score (nSPS) is 12.8. The van der Waals surface area contributed by atoms with Crippen molar-refractivity contribution in [2.75, 3.05) is 6.61 Å². The standard InChI is InChI=1S/C7H11N3O/c1-3-7(11-4-2)10-6-8-5-9-10/h3,5-7H,1,4H2,2H3. The topological polar surface area (TPSA) is 39.9 Å². The highest BCUT2D eigenvalue weighted by molar-refractivity contribution is 4.77. The Morgan fingerprint density at radius 3 is 3.09 bits per heavy atom. The fourth-order valence-electron chi connectivity index (χ4n) is 0.772. The van der Waals surface area contributed by atoms with E-state index in [4.69, 9.17) is 4.74 Å². The second kappa shape index (κ2) is 3.88. The number of aromatic nitrogens is 3. The SMILES string of the molecule is C=CC(OCC)n1cncn1.